The summed E-state index contributed by atoms with van der Waals surface area (Å²) in [6.45, 7) is 6.18. The molecule has 0 bridgehead atoms. The van der Waals surface area contributed by atoms with Gasteiger partial charge in [-0.2, -0.15) is 0 Å². The second-order valence-electron chi connectivity index (χ2n) is 5.56. The minimum Gasteiger partial charge on any atom is -0.363 e. The number of hydrogen-bond donors (Lipinski definition) is 1. The summed E-state index contributed by atoms with van der Waals surface area (Å²) in [7, 11) is 0. The number of halogens is 1. The quantitative estimate of drug-likeness (QED) is 0.702. The van der Waals surface area contributed by atoms with Crippen LogP contribution >= 0.6 is 15.9 Å². The van der Waals surface area contributed by atoms with Crippen LogP contribution in [0.2, 0.25) is 0 Å². The largest absolute Gasteiger partial charge is 0.363 e. The Kier molecular flexibility index (Phi) is 4.12. The molecule has 1 N–H and O–H groups in total. The van der Waals surface area contributed by atoms with Crippen molar-refractivity contribution in [3.8, 4) is 0 Å². The smallest absolute Gasteiger partial charge is 0.138 e. The molecule has 0 aliphatic rings. The number of aromatic nitrogens is 2. The number of anilines is 1. The molecule has 0 fully saturated rings. The lowest BCUT2D eigenvalue weighted by Gasteiger charge is -2.17. The van der Waals surface area contributed by atoms with Crippen LogP contribution in [0.25, 0.3) is 10.9 Å². The molecule has 3 rings (SSSR count). The average molecular weight is 356 g/mol. The van der Waals surface area contributed by atoms with Crippen molar-refractivity contribution in [2.45, 2.75) is 26.8 Å². The van der Waals surface area contributed by atoms with Gasteiger partial charge in [0.25, 0.3) is 0 Å². The Morgan fingerprint density at radius 2 is 1.86 bits per heavy atom. The van der Waals surface area contributed by atoms with E-state index >= 15 is 0 Å². The highest BCUT2D eigenvalue weighted by Gasteiger charge is 2.11. The van der Waals surface area contributed by atoms with Crippen LogP contribution in [-0.4, -0.2) is 9.97 Å². The van der Waals surface area contributed by atoms with Gasteiger partial charge in [-0.15, -0.1) is 0 Å². The molecule has 2 aromatic carbocycles. The summed E-state index contributed by atoms with van der Waals surface area (Å²) in [6, 6.07) is 14.8. The Bertz CT molecular complexity index is 830. The first kappa shape index (κ1) is 15.0. The van der Waals surface area contributed by atoms with Gasteiger partial charge >= 0.3 is 0 Å². The Morgan fingerprint density at radius 3 is 2.64 bits per heavy atom. The summed E-state index contributed by atoms with van der Waals surface area (Å²) in [6.07, 6.45) is 0. The normalized spacial score (nSPS) is 12.4. The summed E-state index contributed by atoms with van der Waals surface area (Å²) in [5.41, 5.74) is 3.46. The third-order valence-corrected chi connectivity index (χ3v) is 4.16. The zero-order valence-electron chi connectivity index (χ0n) is 12.9. The molecule has 0 radical (unpaired) electrons. The first-order valence-electron chi connectivity index (χ1n) is 7.30. The van der Waals surface area contributed by atoms with E-state index in [2.05, 4.69) is 75.4 Å². The van der Waals surface area contributed by atoms with Crippen molar-refractivity contribution in [3.05, 3.63) is 63.9 Å². The summed E-state index contributed by atoms with van der Waals surface area (Å²) >= 11 is 3.52. The van der Waals surface area contributed by atoms with E-state index in [1.54, 1.807) is 0 Å². The van der Waals surface area contributed by atoms with Gasteiger partial charge in [0.1, 0.15) is 11.6 Å². The SMILES string of the molecule is Cc1cccc([C@@H](C)Nc2nc(C)nc3ccc(Br)cc23)c1. The van der Waals surface area contributed by atoms with Crippen molar-refractivity contribution < 1.29 is 0 Å². The maximum Gasteiger partial charge on any atom is 0.138 e. The molecule has 0 unspecified atom stereocenters. The lowest BCUT2D eigenvalue weighted by molar-refractivity contribution is 0.870. The second-order valence-corrected chi connectivity index (χ2v) is 6.48. The highest BCUT2D eigenvalue weighted by molar-refractivity contribution is 9.10. The summed E-state index contributed by atoms with van der Waals surface area (Å²) in [5, 5.41) is 4.55. The Balaban J connectivity index is 2.01. The molecule has 0 aliphatic heterocycles. The van der Waals surface area contributed by atoms with Crippen molar-refractivity contribution in [3.63, 3.8) is 0 Å². The summed E-state index contributed by atoms with van der Waals surface area (Å²) < 4.78 is 1.03. The van der Waals surface area contributed by atoms with Crippen LogP contribution in [0, 0.1) is 13.8 Å². The molecular weight excluding hydrogens is 338 g/mol. The molecule has 0 saturated heterocycles. The molecular formula is C18H18BrN3. The van der Waals surface area contributed by atoms with Crippen molar-refractivity contribution in [2.75, 3.05) is 5.32 Å². The lowest BCUT2D eigenvalue weighted by atomic mass is 10.1. The fourth-order valence-electron chi connectivity index (χ4n) is 2.55. The van der Waals surface area contributed by atoms with Gasteiger partial charge in [-0.05, 0) is 44.5 Å². The van der Waals surface area contributed by atoms with Gasteiger partial charge in [-0.3, -0.25) is 0 Å². The predicted octanol–water partition coefficient (Wildman–Crippen LogP) is 5.18. The Hall–Kier alpha value is -1.94. The third kappa shape index (κ3) is 3.12. The zero-order valence-corrected chi connectivity index (χ0v) is 14.5. The molecule has 3 aromatic rings. The van der Waals surface area contributed by atoms with Crippen LogP contribution in [-0.2, 0) is 0 Å². The molecule has 4 heteroatoms. The molecule has 1 aromatic heterocycles. The van der Waals surface area contributed by atoms with E-state index < -0.39 is 0 Å². The first-order chi connectivity index (χ1) is 10.5. The number of fused-ring (bicyclic) bond motifs is 1. The van der Waals surface area contributed by atoms with E-state index in [-0.39, 0.29) is 6.04 Å². The highest BCUT2D eigenvalue weighted by atomic mass is 79.9. The number of nitrogens with zero attached hydrogens (tertiary/aromatic N) is 2. The van der Waals surface area contributed by atoms with Crippen LogP contribution < -0.4 is 5.32 Å². The van der Waals surface area contributed by atoms with Gasteiger partial charge < -0.3 is 5.32 Å². The van der Waals surface area contributed by atoms with Gasteiger partial charge in [0, 0.05) is 15.9 Å². The van der Waals surface area contributed by atoms with Crippen molar-refractivity contribution >= 4 is 32.7 Å². The number of rotatable bonds is 3. The van der Waals surface area contributed by atoms with Crippen LogP contribution in [0.15, 0.2) is 46.9 Å². The number of hydrogen-bond acceptors (Lipinski definition) is 3. The van der Waals surface area contributed by atoms with E-state index in [0.717, 1.165) is 27.0 Å². The summed E-state index contributed by atoms with van der Waals surface area (Å²) in [5.74, 6) is 1.64. The highest BCUT2D eigenvalue weighted by Crippen LogP contribution is 2.27. The fraction of sp³-hybridized carbons (Fsp3) is 0.222. The first-order valence-corrected chi connectivity index (χ1v) is 8.09. The molecule has 0 saturated carbocycles. The standard InChI is InChI=1S/C18H18BrN3/c1-11-5-4-6-14(9-11)12(2)20-18-16-10-15(19)7-8-17(16)21-13(3)22-18/h4-10,12H,1-3H3,(H,20,21,22)/t12-/m1/s1. The minimum absolute atomic E-state index is 0.177. The van der Waals surface area contributed by atoms with E-state index in [9.17, 15) is 0 Å². The molecule has 0 spiro atoms. The van der Waals surface area contributed by atoms with Crippen LogP contribution in [0.5, 0.6) is 0 Å². The van der Waals surface area contributed by atoms with Gasteiger partial charge in [0.05, 0.1) is 5.52 Å². The van der Waals surface area contributed by atoms with E-state index in [1.807, 2.05) is 19.1 Å². The van der Waals surface area contributed by atoms with E-state index in [1.165, 1.54) is 11.1 Å². The average Bonchev–Trinajstić information content (AvgIpc) is 2.48. The van der Waals surface area contributed by atoms with Gasteiger partial charge in [-0.25, -0.2) is 9.97 Å². The van der Waals surface area contributed by atoms with Crippen molar-refractivity contribution in [2.24, 2.45) is 0 Å². The van der Waals surface area contributed by atoms with Gasteiger partial charge in [0.15, 0.2) is 0 Å². The molecule has 1 heterocycles. The monoisotopic (exact) mass is 355 g/mol. The minimum atomic E-state index is 0.177. The Labute approximate surface area is 138 Å². The fourth-order valence-corrected chi connectivity index (χ4v) is 2.92. The maximum absolute atomic E-state index is 4.59. The summed E-state index contributed by atoms with van der Waals surface area (Å²) in [4.78, 5) is 9.09. The molecule has 1 atom stereocenters. The van der Waals surface area contributed by atoms with Crippen LogP contribution in [0.3, 0.4) is 0 Å². The van der Waals surface area contributed by atoms with Crippen LogP contribution in [0.1, 0.15) is 29.9 Å². The maximum atomic E-state index is 4.59. The Morgan fingerprint density at radius 1 is 1.05 bits per heavy atom. The van der Waals surface area contributed by atoms with Crippen LogP contribution in [0.4, 0.5) is 5.82 Å². The van der Waals surface area contributed by atoms with Gasteiger partial charge in [-0.1, -0.05) is 45.8 Å². The van der Waals surface area contributed by atoms with Crippen molar-refractivity contribution in [1.29, 1.82) is 0 Å². The van der Waals surface area contributed by atoms with E-state index in [4.69, 9.17) is 0 Å². The third-order valence-electron chi connectivity index (χ3n) is 3.66. The zero-order chi connectivity index (χ0) is 15.7. The number of aryl methyl sites for hydroxylation is 2. The van der Waals surface area contributed by atoms with E-state index in [0.29, 0.717) is 0 Å². The number of nitrogens with one attached hydrogen (secondary N) is 1. The number of benzene rings is 2. The molecule has 22 heavy (non-hydrogen) atoms. The predicted molar refractivity (Wildman–Crippen MR) is 95.2 cm³/mol. The second kappa shape index (κ2) is 6.05. The molecule has 3 nitrogen and oxygen atoms in total. The topological polar surface area (TPSA) is 37.8 Å². The molecule has 112 valence electrons. The van der Waals surface area contributed by atoms with Crippen molar-refractivity contribution in [1.82, 2.24) is 9.97 Å². The lowest BCUT2D eigenvalue weighted by Crippen LogP contribution is -2.09. The van der Waals surface area contributed by atoms with Gasteiger partial charge in [0.2, 0.25) is 0 Å². The molecule has 0 aliphatic carbocycles. The molecule has 0 amide bonds.